The number of nitrogens with zero attached hydrogens (tertiary/aromatic N) is 1. The molecule has 19 heavy (non-hydrogen) atoms. The summed E-state index contributed by atoms with van der Waals surface area (Å²) in [5.74, 6) is 0.265. The Hall–Kier alpha value is -0.780. The molecule has 0 bridgehead atoms. The van der Waals surface area contributed by atoms with E-state index in [9.17, 15) is 4.79 Å². The molecule has 1 N–H and O–H groups in total. The summed E-state index contributed by atoms with van der Waals surface area (Å²) >= 11 is 0. The van der Waals surface area contributed by atoms with Crippen molar-refractivity contribution in [2.75, 3.05) is 0 Å². The van der Waals surface area contributed by atoms with Crippen LogP contribution < -0.4 is 5.34 Å². The van der Waals surface area contributed by atoms with Gasteiger partial charge in [-0.1, -0.05) is 19.8 Å². The molecule has 0 spiro atoms. The summed E-state index contributed by atoms with van der Waals surface area (Å²) in [6.07, 6.45) is 5.93. The number of Topliss-reactive ketones (excluding diaryl/α,β-unsaturated/α-hetero) is 1. The molecule has 0 aliphatic carbocycles. The number of unbranched alkanes of at least 4 members (excludes halogenated alkanes) is 2. The number of nitrogens with one attached hydrogen (secondary N) is 1. The number of hydrogen-bond donors (Lipinski definition) is 1. The SMILES string of the molecule is CCCCCC(=O)c1cccn1C.Cl.Cl.Cl.O=[NH+][O-]. The van der Waals surface area contributed by atoms with E-state index in [1.807, 2.05) is 29.9 Å². The van der Waals surface area contributed by atoms with Crippen LogP contribution in [0.25, 0.3) is 0 Å². The van der Waals surface area contributed by atoms with Gasteiger partial charge in [0, 0.05) is 25.0 Å². The van der Waals surface area contributed by atoms with E-state index in [2.05, 4.69) is 6.92 Å². The average molecular weight is 336 g/mol. The monoisotopic (exact) mass is 334 g/mol. The molecule has 0 saturated heterocycles. The Morgan fingerprint density at radius 2 is 1.84 bits per heavy atom. The van der Waals surface area contributed by atoms with Crippen LogP contribution in [0.1, 0.15) is 43.1 Å². The minimum Gasteiger partial charge on any atom is -0.348 e. The molecule has 0 unspecified atom stereocenters. The highest BCUT2D eigenvalue weighted by atomic mass is 35.5. The van der Waals surface area contributed by atoms with Gasteiger partial charge in [0.15, 0.2) is 5.78 Å². The first kappa shape index (κ1) is 26.7. The third-order valence-corrected chi connectivity index (χ3v) is 2.24. The number of ketones is 1. The van der Waals surface area contributed by atoms with E-state index in [1.165, 1.54) is 6.42 Å². The zero-order valence-corrected chi connectivity index (χ0v) is 13.4. The van der Waals surface area contributed by atoms with Crippen molar-refractivity contribution in [3.63, 3.8) is 0 Å². The molecule has 8 heteroatoms. The third-order valence-electron chi connectivity index (χ3n) is 2.24. The maximum absolute atomic E-state index is 11.6. The molecule has 1 heterocycles. The maximum atomic E-state index is 11.6. The number of carbonyl (C=O) groups excluding carboxylic acids is 1. The molecule has 1 aromatic rings. The van der Waals surface area contributed by atoms with Gasteiger partial charge < -0.3 is 4.57 Å². The van der Waals surface area contributed by atoms with Gasteiger partial charge in [-0.3, -0.25) is 14.9 Å². The molecule has 0 fully saturated rings. The van der Waals surface area contributed by atoms with E-state index in [0.29, 0.717) is 6.42 Å². The van der Waals surface area contributed by atoms with Gasteiger partial charge in [0.05, 0.1) is 5.69 Å². The van der Waals surface area contributed by atoms with Crippen molar-refractivity contribution < 1.29 is 10.1 Å². The van der Waals surface area contributed by atoms with E-state index in [1.54, 1.807) is 0 Å². The molecular weight excluding hydrogens is 314 g/mol. The highest BCUT2D eigenvalue weighted by molar-refractivity contribution is 5.94. The first-order chi connectivity index (χ1) is 7.67. The summed E-state index contributed by atoms with van der Waals surface area (Å²) in [6, 6.07) is 3.79. The van der Waals surface area contributed by atoms with Gasteiger partial charge in [0.1, 0.15) is 0 Å². The Morgan fingerprint density at radius 3 is 2.21 bits per heavy atom. The Kier molecular flexibility index (Phi) is 24.2. The molecule has 0 aliphatic heterocycles. The summed E-state index contributed by atoms with van der Waals surface area (Å²) in [7, 11) is 1.91. The van der Waals surface area contributed by atoms with E-state index in [4.69, 9.17) is 10.1 Å². The van der Waals surface area contributed by atoms with Crippen LogP contribution in [0.3, 0.4) is 0 Å². The van der Waals surface area contributed by atoms with Crippen LogP contribution >= 0.6 is 37.2 Å². The molecule has 0 amide bonds. The second-order valence-electron chi connectivity index (χ2n) is 3.47. The van der Waals surface area contributed by atoms with Crippen molar-refractivity contribution in [1.29, 1.82) is 0 Å². The Morgan fingerprint density at radius 1 is 1.32 bits per heavy atom. The van der Waals surface area contributed by atoms with Gasteiger partial charge in [-0.2, -0.15) is 0 Å². The lowest BCUT2D eigenvalue weighted by atomic mass is 10.1. The zero-order valence-electron chi connectivity index (χ0n) is 11.0. The van der Waals surface area contributed by atoms with Gasteiger partial charge in [-0.15, -0.1) is 37.2 Å². The van der Waals surface area contributed by atoms with E-state index in [0.717, 1.165) is 18.5 Å². The summed E-state index contributed by atoms with van der Waals surface area (Å²) in [5, 5.41) is 8.38. The smallest absolute Gasteiger partial charge is 0.179 e. The number of aromatic nitrogens is 1. The van der Waals surface area contributed by atoms with Crippen LogP contribution in [0.2, 0.25) is 0 Å². The first-order valence-electron chi connectivity index (χ1n) is 5.31. The average Bonchev–Trinajstić information content (AvgIpc) is 2.66. The molecule has 1 rings (SSSR count). The highest BCUT2D eigenvalue weighted by Crippen LogP contribution is 2.07. The van der Waals surface area contributed by atoms with Gasteiger partial charge in [-0.25, -0.2) is 0 Å². The molecule has 0 aliphatic rings. The largest absolute Gasteiger partial charge is 0.348 e. The lowest BCUT2D eigenvalue weighted by Gasteiger charge is -2.01. The molecule has 0 saturated carbocycles. The highest BCUT2D eigenvalue weighted by Gasteiger charge is 2.07. The van der Waals surface area contributed by atoms with Crippen molar-refractivity contribution >= 4 is 43.0 Å². The van der Waals surface area contributed by atoms with Crippen LogP contribution in [0.5, 0.6) is 0 Å². The topological polar surface area (TPSA) is 76.1 Å². The minimum absolute atomic E-state index is 0. The van der Waals surface area contributed by atoms with Crippen LogP contribution in [0.15, 0.2) is 18.3 Å². The normalized spacial score (nSPS) is 7.68. The van der Waals surface area contributed by atoms with Crippen LogP contribution in [0.4, 0.5) is 0 Å². The molecule has 5 nitrogen and oxygen atoms in total. The van der Waals surface area contributed by atoms with Crippen molar-refractivity contribution in [1.82, 2.24) is 4.57 Å². The molecule has 114 valence electrons. The molecule has 1 aromatic heterocycles. The second-order valence-corrected chi connectivity index (χ2v) is 3.47. The maximum Gasteiger partial charge on any atom is 0.179 e. The van der Waals surface area contributed by atoms with Crippen LogP contribution in [-0.4, -0.2) is 10.4 Å². The Bertz CT molecular complexity index is 333. The Balaban J connectivity index is -0.000000172. The number of carbonyl (C=O) groups is 1. The lowest BCUT2D eigenvalue weighted by molar-refractivity contribution is -0.398. The fraction of sp³-hybridized carbons (Fsp3) is 0.545. The van der Waals surface area contributed by atoms with Gasteiger partial charge in [-0.05, 0) is 18.6 Å². The van der Waals surface area contributed by atoms with Gasteiger partial charge in [0.25, 0.3) is 0 Å². The first-order valence-corrected chi connectivity index (χ1v) is 5.31. The summed E-state index contributed by atoms with van der Waals surface area (Å²) < 4.78 is 1.88. The molecule has 0 aromatic carbocycles. The molecule has 0 radical (unpaired) electrons. The van der Waals surface area contributed by atoms with E-state index < -0.39 is 0 Å². The predicted molar refractivity (Wildman–Crippen MR) is 83.3 cm³/mol. The fourth-order valence-corrected chi connectivity index (χ4v) is 1.41. The third kappa shape index (κ3) is 12.0. The number of halogens is 3. The van der Waals surface area contributed by atoms with Crippen molar-refractivity contribution in [3.8, 4) is 0 Å². The van der Waals surface area contributed by atoms with Gasteiger partial charge in [0.2, 0.25) is 0 Å². The van der Waals surface area contributed by atoms with Crippen molar-refractivity contribution in [2.24, 2.45) is 7.05 Å². The lowest BCUT2D eigenvalue weighted by Crippen LogP contribution is -2.53. The summed E-state index contributed by atoms with van der Waals surface area (Å²) in [4.78, 5) is 19.7. The van der Waals surface area contributed by atoms with Crippen molar-refractivity contribution in [3.05, 3.63) is 34.1 Å². The number of rotatable bonds is 5. The van der Waals surface area contributed by atoms with Gasteiger partial charge >= 0.3 is 0 Å². The van der Waals surface area contributed by atoms with E-state index in [-0.39, 0.29) is 48.3 Å². The molecule has 0 atom stereocenters. The second kappa shape index (κ2) is 17.2. The summed E-state index contributed by atoms with van der Waals surface area (Å²) in [6.45, 7) is 2.15. The van der Waals surface area contributed by atoms with Crippen LogP contribution in [-0.2, 0) is 7.05 Å². The number of aryl methyl sites for hydroxylation is 1. The quantitative estimate of drug-likeness (QED) is 0.388. The van der Waals surface area contributed by atoms with Crippen molar-refractivity contribution in [2.45, 2.75) is 32.6 Å². The summed E-state index contributed by atoms with van der Waals surface area (Å²) in [5.41, 5.74) is 0.830. The minimum atomic E-state index is 0. The standard InChI is InChI=1S/C11H17NO.3ClH.HNO2/c1-3-4-5-8-11(13)10-7-6-9-12(10)2;;;;2-1-3/h6-7,9H,3-5,8H2,1-2H3;3*1H;1H. The molecular formula is C11H21Cl3N2O3. The van der Waals surface area contributed by atoms with Crippen LogP contribution in [0, 0.1) is 10.1 Å². The number of hydrogen-bond acceptors (Lipinski definition) is 3. The fourth-order valence-electron chi connectivity index (χ4n) is 1.41. The van der Waals surface area contributed by atoms with E-state index >= 15 is 0 Å². The Labute approximate surface area is 131 Å². The zero-order chi connectivity index (χ0) is 12.4. The predicted octanol–water partition coefficient (Wildman–Crippen LogP) is 2.38.